The lowest BCUT2D eigenvalue weighted by Crippen LogP contribution is -1.93. The van der Waals surface area contributed by atoms with Gasteiger partial charge in [-0.25, -0.2) is 8.42 Å². The molecule has 20 heavy (non-hydrogen) atoms. The highest BCUT2D eigenvalue weighted by atomic mass is 35.7. The van der Waals surface area contributed by atoms with E-state index in [9.17, 15) is 8.42 Å². The summed E-state index contributed by atoms with van der Waals surface area (Å²) in [6, 6.07) is 11.7. The fourth-order valence-electron chi connectivity index (χ4n) is 1.85. The number of hydrogen-bond acceptors (Lipinski definition) is 4. The third kappa shape index (κ3) is 3.05. The van der Waals surface area contributed by atoms with Crippen molar-refractivity contribution in [3.05, 3.63) is 42.5 Å². The van der Waals surface area contributed by atoms with E-state index in [4.69, 9.17) is 20.2 Å². The third-order valence-corrected chi connectivity index (χ3v) is 4.19. The summed E-state index contributed by atoms with van der Waals surface area (Å²) in [5.74, 6) is 1.25. The number of methoxy groups -OCH3 is 2. The Morgan fingerprint density at radius 1 is 1.00 bits per heavy atom. The first-order chi connectivity index (χ1) is 9.45. The lowest BCUT2D eigenvalue weighted by atomic mass is 10.0. The van der Waals surface area contributed by atoms with Gasteiger partial charge in [0, 0.05) is 22.3 Å². The highest BCUT2D eigenvalue weighted by Crippen LogP contribution is 2.34. The number of hydrogen-bond donors (Lipinski definition) is 0. The highest BCUT2D eigenvalue weighted by molar-refractivity contribution is 8.13. The molecule has 0 heterocycles. The molecular weight excluding hydrogens is 300 g/mol. The monoisotopic (exact) mass is 312 g/mol. The molecule has 0 unspecified atom stereocenters. The number of rotatable bonds is 4. The summed E-state index contributed by atoms with van der Waals surface area (Å²) >= 11 is 0. The minimum atomic E-state index is -3.76. The Morgan fingerprint density at radius 3 is 2.35 bits per heavy atom. The zero-order valence-corrected chi connectivity index (χ0v) is 12.5. The molecule has 0 amide bonds. The molecule has 4 nitrogen and oxygen atoms in total. The maximum absolute atomic E-state index is 11.4. The maximum atomic E-state index is 11.4. The lowest BCUT2D eigenvalue weighted by Gasteiger charge is -2.11. The molecule has 0 fully saturated rings. The average molecular weight is 313 g/mol. The van der Waals surface area contributed by atoms with Crippen molar-refractivity contribution in [3.63, 3.8) is 0 Å². The molecule has 106 valence electrons. The van der Waals surface area contributed by atoms with Gasteiger partial charge in [0.25, 0.3) is 9.05 Å². The fraction of sp³-hybridized carbons (Fsp3) is 0.143. The highest BCUT2D eigenvalue weighted by Gasteiger charge is 2.13. The van der Waals surface area contributed by atoms with Gasteiger partial charge in [0.2, 0.25) is 0 Å². The van der Waals surface area contributed by atoms with Crippen LogP contribution in [0.25, 0.3) is 11.1 Å². The Balaban J connectivity index is 2.57. The van der Waals surface area contributed by atoms with E-state index in [1.165, 1.54) is 12.1 Å². The van der Waals surface area contributed by atoms with Crippen molar-refractivity contribution in [2.75, 3.05) is 14.2 Å². The van der Waals surface area contributed by atoms with Crippen LogP contribution < -0.4 is 9.47 Å². The van der Waals surface area contributed by atoms with Crippen molar-refractivity contribution in [2.24, 2.45) is 0 Å². The molecule has 0 saturated heterocycles. The van der Waals surface area contributed by atoms with E-state index in [1.54, 1.807) is 44.6 Å². The molecule has 2 aromatic rings. The first-order valence-electron chi connectivity index (χ1n) is 5.73. The Bertz CT molecular complexity index is 726. The summed E-state index contributed by atoms with van der Waals surface area (Å²) in [6.07, 6.45) is 0. The second-order valence-electron chi connectivity index (χ2n) is 4.03. The van der Waals surface area contributed by atoms with Gasteiger partial charge in [-0.1, -0.05) is 12.1 Å². The molecule has 2 aromatic carbocycles. The van der Waals surface area contributed by atoms with Crippen LogP contribution in [-0.4, -0.2) is 22.6 Å². The van der Waals surface area contributed by atoms with Crippen molar-refractivity contribution < 1.29 is 17.9 Å². The van der Waals surface area contributed by atoms with Crippen LogP contribution in [0.1, 0.15) is 0 Å². The minimum Gasteiger partial charge on any atom is -0.497 e. The molecule has 0 aliphatic carbocycles. The van der Waals surface area contributed by atoms with Crippen molar-refractivity contribution >= 4 is 19.7 Å². The van der Waals surface area contributed by atoms with Crippen LogP contribution >= 0.6 is 10.7 Å². The van der Waals surface area contributed by atoms with Gasteiger partial charge in [-0.3, -0.25) is 0 Å². The van der Waals surface area contributed by atoms with E-state index in [2.05, 4.69) is 0 Å². The molecule has 0 radical (unpaired) electrons. The van der Waals surface area contributed by atoms with Crippen molar-refractivity contribution in [1.29, 1.82) is 0 Å². The number of ether oxygens (including phenoxy) is 2. The summed E-state index contributed by atoms with van der Waals surface area (Å²) in [5.41, 5.74) is 1.46. The van der Waals surface area contributed by atoms with Gasteiger partial charge in [-0.15, -0.1) is 0 Å². The van der Waals surface area contributed by atoms with Gasteiger partial charge in [0.05, 0.1) is 19.1 Å². The summed E-state index contributed by atoms with van der Waals surface area (Å²) in [6.45, 7) is 0. The SMILES string of the molecule is COc1ccc(-c2cccc(S(=O)(=O)Cl)c2)c(OC)c1. The van der Waals surface area contributed by atoms with Crippen LogP contribution in [0.2, 0.25) is 0 Å². The molecule has 0 N–H and O–H groups in total. The van der Waals surface area contributed by atoms with Crippen LogP contribution in [0.5, 0.6) is 11.5 Å². The lowest BCUT2D eigenvalue weighted by molar-refractivity contribution is 0.395. The van der Waals surface area contributed by atoms with E-state index in [1.807, 2.05) is 0 Å². The zero-order chi connectivity index (χ0) is 14.8. The topological polar surface area (TPSA) is 52.6 Å². The number of halogens is 1. The fourth-order valence-corrected chi connectivity index (χ4v) is 2.65. The molecule has 6 heteroatoms. The van der Waals surface area contributed by atoms with Crippen LogP contribution in [0, 0.1) is 0 Å². The standard InChI is InChI=1S/C14H13ClO4S/c1-18-11-6-7-13(14(9-11)19-2)10-4-3-5-12(8-10)20(15,16)17/h3-9H,1-2H3. The molecule has 0 atom stereocenters. The molecule has 0 aliphatic heterocycles. The van der Waals surface area contributed by atoms with Gasteiger partial charge >= 0.3 is 0 Å². The Morgan fingerprint density at radius 2 is 1.75 bits per heavy atom. The second kappa shape index (κ2) is 5.73. The molecular formula is C14H13ClO4S. The van der Waals surface area contributed by atoms with E-state index in [0.717, 1.165) is 5.56 Å². The van der Waals surface area contributed by atoms with Gasteiger partial charge < -0.3 is 9.47 Å². The van der Waals surface area contributed by atoms with Gasteiger partial charge in [0.1, 0.15) is 11.5 Å². The summed E-state index contributed by atoms with van der Waals surface area (Å²) < 4.78 is 33.2. The molecule has 2 rings (SSSR count). The average Bonchev–Trinajstić information content (AvgIpc) is 2.45. The quantitative estimate of drug-likeness (QED) is 0.813. The van der Waals surface area contributed by atoms with E-state index < -0.39 is 9.05 Å². The minimum absolute atomic E-state index is 0.0505. The Labute approximate surface area is 122 Å². The van der Waals surface area contributed by atoms with E-state index in [-0.39, 0.29) is 4.90 Å². The smallest absolute Gasteiger partial charge is 0.261 e. The summed E-state index contributed by atoms with van der Waals surface area (Å²) in [5, 5.41) is 0. The van der Waals surface area contributed by atoms with E-state index in [0.29, 0.717) is 17.1 Å². The predicted molar refractivity (Wildman–Crippen MR) is 78.0 cm³/mol. The van der Waals surface area contributed by atoms with Gasteiger partial charge in [0.15, 0.2) is 0 Å². The van der Waals surface area contributed by atoms with Gasteiger partial charge in [-0.2, -0.15) is 0 Å². The number of benzene rings is 2. The van der Waals surface area contributed by atoms with Crippen molar-refractivity contribution in [3.8, 4) is 22.6 Å². The first-order valence-corrected chi connectivity index (χ1v) is 8.04. The summed E-state index contributed by atoms with van der Waals surface area (Å²) in [7, 11) is 4.71. The third-order valence-electron chi connectivity index (χ3n) is 2.84. The molecule has 0 saturated carbocycles. The first kappa shape index (κ1) is 14.7. The van der Waals surface area contributed by atoms with Crippen LogP contribution in [0.3, 0.4) is 0 Å². The zero-order valence-electron chi connectivity index (χ0n) is 11.0. The van der Waals surface area contributed by atoms with Gasteiger partial charge in [-0.05, 0) is 29.8 Å². The normalized spacial score (nSPS) is 11.2. The largest absolute Gasteiger partial charge is 0.497 e. The van der Waals surface area contributed by atoms with Crippen LogP contribution in [-0.2, 0) is 9.05 Å². The molecule has 0 spiro atoms. The Kier molecular flexibility index (Phi) is 4.20. The predicted octanol–water partition coefficient (Wildman–Crippen LogP) is 3.30. The van der Waals surface area contributed by atoms with E-state index >= 15 is 0 Å². The molecule has 0 bridgehead atoms. The molecule has 0 aliphatic rings. The second-order valence-corrected chi connectivity index (χ2v) is 6.60. The molecule has 0 aromatic heterocycles. The maximum Gasteiger partial charge on any atom is 0.261 e. The van der Waals surface area contributed by atoms with Crippen LogP contribution in [0.4, 0.5) is 0 Å². The summed E-state index contributed by atoms with van der Waals surface area (Å²) in [4.78, 5) is 0.0505. The van der Waals surface area contributed by atoms with Crippen LogP contribution in [0.15, 0.2) is 47.4 Å². The van der Waals surface area contributed by atoms with Crippen molar-refractivity contribution in [2.45, 2.75) is 4.90 Å². The Hall–Kier alpha value is -1.72. The van der Waals surface area contributed by atoms with Crippen molar-refractivity contribution in [1.82, 2.24) is 0 Å².